The molecule has 1 aliphatic carbocycles. The summed E-state index contributed by atoms with van der Waals surface area (Å²) >= 11 is 6.13. The minimum absolute atomic E-state index is 0.0913. The van der Waals surface area contributed by atoms with Crippen molar-refractivity contribution in [1.82, 2.24) is 19.9 Å². The van der Waals surface area contributed by atoms with E-state index in [-0.39, 0.29) is 5.69 Å². The minimum atomic E-state index is -1.18. The number of aromatic nitrogens is 3. The van der Waals surface area contributed by atoms with Crippen molar-refractivity contribution in [2.45, 2.75) is 37.6 Å². The van der Waals surface area contributed by atoms with Gasteiger partial charge in [0.1, 0.15) is 5.54 Å². The Balaban J connectivity index is 1.88. The topological polar surface area (TPSA) is 88.3 Å². The number of halogens is 1. The summed E-state index contributed by atoms with van der Waals surface area (Å²) in [7, 11) is 1.52. The highest BCUT2D eigenvalue weighted by molar-refractivity contribution is 6.32. The summed E-state index contributed by atoms with van der Waals surface area (Å²) in [5.41, 5.74) is -0.485. The second kappa shape index (κ2) is 6.84. The average Bonchev–Trinajstić information content (AvgIpc) is 3.11. The summed E-state index contributed by atoms with van der Waals surface area (Å²) in [5, 5.41) is 18.1. The molecule has 0 spiro atoms. The molecule has 0 radical (unpaired) electrons. The number of benzene rings is 1. The molecule has 25 heavy (non-hydrogen) atoms. The highest BCUT2D eigenvalue weighted by Gasteiger charge is 2.46. The number of carboxylic acid groups (broad SMARTS) is 1. The quantitative estimate of drug-likeness (QED) is 0.903. The van der Waals surface area contributed by atoms with Crippen LogP contribution in [-0.4, -0.2) is 49.5 Å². The predicted molar refractivity (Wildman–Crippen MR) is 91.9 cm³/mol. The predicted octanol–water partition coefficient (Wildman–Crippen LogP) is 2.78. The third-order valence-corrected chi connectivity index (χ3v) is 5.16. The van der Waals surface area contributed by atoms with Gasteiger partial charge in [-0.25, -0.2) is 9.48 Å². The van der Waals surface area contributed by atoms with Crippen LogP contribution in [0.2, 0.25) is 5.02 Å². The molecule has 0 unspecified atom stereocenters. The summed E-state index contributed by atoms with van der Waals surface area (Å²) < 4.78 is 1.41. The molecule has 1 heterocycles. The number of carbonyl (C=O) groups is 2. The van der Waals surface area contributed by atoms with Gasteiger partial charge < -0.3 is 10.0 Å². The van der Waals surface area contributed by atoms with Crippen LogP contribution in [-0.2, 0) is 4.79 Å². The van der Waals surface area contributed by atoms with Gasteiger partial charge in [0, 0.05) is 7.05 Å². The van der Waals surface area contributed by atoms with Gasteiger partial charge in [-0.2, -0.15) is 0 Å². The van der Waals surface area contributed by atoms with Gasteiger partial charge >= 0.3 is 5.97 Å². The maximum absolute atomic E-state index is 12.8. The number of carboxylic acids is 1. The van der Waals surface area contributed by atoms with Crippen molar-refractivity contribution in [3.63, 3.8) is 0 Å². The fourth-order valence-electron chi connectivity index (χ4n) is 3.31. The Morgan fingerprint density at radius 1 is 1.24 bits per heavy atom. The first kappa shape index (κ1) is 17.4. The number of hydrogen-bond acceptors (Lipinski definition) is 4. The second-order valence-corrected chi connectivity index (χ2v) is 6.67. The van der Waals surface area contributed by atoms with Crippen LogP contribution in [0, 0.1) is 0 Å². The maximum Gasteiger partial charge on any atom is 0.329 e. The summed E-state index contributed by atoms with van der Waals surface area (Å²) in [6, 6.07) is 7.07. The van der Waals surface area contributed by atoms with Crippen LogP contribution in [0.4, 0.5) is 0 Å². The van der Waals surface area contributed by atoms with Crippen molar-refractivity contribution in [3.8, 4) is 5.69 Å². The molecule has 1 N–H and O–H groups in total. The van der Waals surface area contributed by atoms with Crippen LogP contribution in [0.3, 0.4) is 0 Å². The first-order valence-electron chi connectivity index (χ1n) is 8.14. The molecule has 7 nitrogen and oxygen atoms in total. The first-order chi connectivity index (χ1) is 12.0. The zero-order valence-electron chi connectivity index (χ0n) is 13.9. The molecular weight excluding hydrogens is 344 g/mol. The molecule has 8 heteroatoms. The van der Waals surface area contributed by atoms with Crippen LogP contribution in [0.15, 0.2) is 30.5 Å². The molecule has 1 aliphatic rings. The van der Waals surface area contributed by atoms with Crippen molar-refractivity contribution in [2.75, 3.05) is 7.05 Å². The lowest BCUT2D eigenvalue weighted by molar-refractivity contribution is -0.151. The molecule has 1 aromatic carbocycles. The van der Waals surface area contributed by atoms with E-state index in [9.17, 15) is 14.7 Å². The van der Waals surface area contributed by atoms with Gasteiger partial charge in [-0.15, -0.1) is 5.10 Å². The van der Waals surface area contributed by atoms with E-state index in [0.717, 1.165) is 19.3 Å². The molecule has 0 bridgehead atoms. The third kappa shape index (κ3) is 3.11. The van der Waals surface area contributed by atoms with E-state index in [4.69, 9.17) is 11.6 Å². The highest BCUT2D eigenvalue weighted by Crippen LogP contribution is 2.34. The molecule has 1 amide bonds. The van der Waals surface area contributed by atoms with Crippen molar-refractivity contribution in [1.29, 1.82) is 0 Å². The van der Waals surface area contributed by atoms with Crippen LogP contribution in [0.1, 0.15) is 42.6 Å². The van der Waals surface area contributed by atoms with E-state index in [1.165, 1.54) is 22.8 Å². The minimum Gasteiger partial charge on any atom is -0.479 e. The van der Waals surface area contributed by atoms with Crippen molar-refractivity contribution in [3.05, 3.63) is 41.2 Å². The lowest BCUT2D eigenvalue weighted by Gasteiger charge is -2.40. The fraction of sp³-hybridized carbons (Fsp3) is 0.412. The number of nitrogens with zero attached hydrogens (tertiary/aromatic N) is 4. The lowest BCUT2D eigenvalue weighted by atomic mass is 9.80. The summed E-state index contributed by atoms with van der Waals surface area (Å²) in [6.07, 6.45) is 4.93. The Bertz CT molecular complexity index is 799. The van der Waals surface area contributed by atoms with Crippen LogP contribution < -0.4 is 0 Å². The number of hydrogen-bond donors (Lipinski definition) is 1. The average molecular weight is 363 g/mol. The number of carbonyl (C=O) groups excluding carboxylic acids is 1. The van der Waals surface area contributed by atoms with Crippen molar-refractivity contribution in [2.24, 2.45) is 0 Å². The largest absolute Gasteiger partial charge is 0.479 e. The first-order valence-corrected chi connectivity index (χ1v) is 8.52. The Kier molecular flexibility index (Phi) is 4.76. The fourth-order valence-corrected chi connectivity index (χ4v) is 3.54. The van der Waals surface area contributed by atoms with Gasteiger partial charge in [0.15, 0.2) is 5.69 Å². The number of amides is 1. The van der Waals surface area contributed by atoms with Crippen LogP contribution in [0.25, 0.3) is 5.69 Å². The van der Waals surface area contributed by atoms with Crippen molar-refractivity contribution >= 4 is 23.5 Å². The molecule has 132 valence electrons. The summed E-state index contributed by atoms with van der Waals surface area (Å²) in [6.45, 7) is 0. The smallest absolute Gasteiger partial charge is 0.329 e. The SMILES string of the molecule is CN(C(=O)c1cn(-c2ccccc2Cl)nn1)C1(C(=O)O)CCCCC1. The number of aliphatic carboxylic acids is 1. The van der Waals surface area contributed by atoms with Gasteiger partial charge in [-0.05, 0) is 25.0 Å². The number of likely N-dealkylation sites (N-methyl/N-ethyl adjacent to an activating group) is 1. The van der Waals surface area contributed by atoms with Gasteiger partial charge in [0.2, 0.25) is 0 Å². The Hall–Kier alpha value is -2.41. The van der Waals surface area contributed by atoms with E-state index in [1.54, 1.807) is 24.3 Å². The maximum atomic E-state index is 12.8. The van der Waals surface area contributed by atoms with Crippen LogP contribution >= 0.6 is 11.6 Å². The molecular formula is C17H19ClN4O3. The van der Waals surface area contributed by atoms with E-state index in [0.29, 0.717) is 23.6 Å². The molecule has 1 fully saturated rings. The molecule has 3 rings (SSSR count). The van der Waals surface area contributed by atoms with Crippen LogP contribution in [0.5, 0.6) is 0 Å². The van der Waals surface area contributed by atoms with Gasteiger partial charge in [0.25, 0.3) is 5.91 Å². The Labute approximate surface area is 150 Å². The summed E-state index contributed by atoms with van der Waals surface area (Å²) in [4.78, 5) is 26.0. The highest BCUT2D eigenvalue weighted by atomic mass is 35.5. The molecule has 2 aromatic rings. The zero-order chi connectivity index (χ0) is 18.0. The molecule has 0 saturated heterocycles. The van der Waals surface area contributed by atoms with E-state index >= 15 is 0 Å². The van der Waals surface area contributed by atoms with Gasteiger partial charge in [-0.3, -0.25) is 4.79 Å². The second-order valence-electron chi connectivity index (χ2n) is 6.26. The Morgan fingerprint density at radius 2 is 1.92 bits per heavy atom. The van der Waals surface area contributed by atoms with Gasteiger partial charge in [-0.1, -0.05) is 48.2 Å². The monoisotopic (exact) mass is 362 g/mol. The molecule has 0 aliphatic heterocycles. The van der Waals surface area contributed by atoms with Gasteiger partial charge in [0.05, 0.1) is 16.9 Å². The number of para-hydroxylation sites is 1. The third-order valence-electron chi connectivity index (χ3n) is 4.84. The normalized spacial score (nSPS) is 16.4. The molecule has 1 aromatic heterocycles. The molecule has 1 saturated carbocycles. The number of rotatable bonds is 4. The van der Waals surface area contributed by atoms with E-state index in [2.05, 4.69) is 10.3 Å². The zero-order valence-corrected chi connectivity index (χ0v) is 14.6. The Morgan fingerprint density at radius 3 is 2.56 bits per heavy atom. The van der Waals surface area contributed by atoms with E-state index in [1.807, 2.05) is 0 Å². The van der Waals surface area contributed by atoms with E-state index < -0.39 is 17.4 Å². The standard InChI is InChI=1S/C17H19ClN4O3/c1-21(17(16(24)25)9-5-2-6-10-17)15(23)13-11-22(20-19-13)14-8-4-3-7-12(14)18/h3-4,7-8,11H,2,5-6,9-10H2,1H3,(H,24,25). The van der Waals surface area contributed by atoms with Crippen molar-refractivity contribution < 1.29 is 14.7 Å². The summed E-state index contributed by atoms with van der Waals surface area (Å²) in [5.74, 6) is -1.43. The lowest BCUT2D eigenvalue weighted by Crippen LogP contribution is -2.56. The molecule has 0 atom stereocenters.